The van der Waals surface area contributed by atoms with E-state index in [1.54, 1.807) is 42.7 Å². The predicted molar refractivity (Wildman–Crippen MR) is 99.2 cm³/mol. The molecular weight excluding hydrogens is 326 g/mol. The topological polar surface area (TPSA) is 50.5 Å². The Morgan fingerprint density at radius 1 is 0.692 bits per heavy atom. The maximum Gasteiger partial charge on any atom is 0.266 e. The van der Waals surface area contributed by atoms with Gasteiger partial charge < -0.3 is 4.42 Å². The van der Waals surface area contributed by atoms with Gasteiger partial charge in [-0.3, -0.25) is 9.59 Å². The molecule has 3 aromatic carbocycles. The van der Waals surface area contributed by atoms with Crippen LogP contribution in [-0.2, 0) is 0 Å². The van der Waals surface area contributed by atoms with Crippen LogP contribution in [0.15, 0.2) is 83.5 Å². The van der Waals surface area contributed by atoms with Crippen LogP contribution in [0.3, 0.4) is 0 Å². The van der Waals surface area contributed by atoms with Gasteiger partial charge in [0.1, 0.15) is 5.58 Å². The van der Waals surface area contributed by atoms with E-state index in [2.05, 4.69) is 0 Å². The average molecular weight is 339 g/mol. The van der Waals surface area contributed by atoms with Gasteiger partial charge in [0.15, 0.2) is 0 Å². The van der Waals surface area contributed by atoms with Gasteiger partial charge in [0.25, 0.3) is 11.8 Å². The second-order valence-electron chi connectivity index (χ2n) is 6.19. The van der Waals surface area contributed by atoms with Crippen molar-refractivity contribution in [1.82, 2.24) is 0 Å². The molecule has 124 valence electrons. The minimum absolute atomic E-state index is 0.297. The Hall–Kier alpha value is -3.66. The second kappa shape index (κ2) is 5.43. The molecule has 4 heteroatoms. The third kappa shape index (κ3) is 2.02. The Morgan fingerprint density at radius 3 is 2.04 bits per heavy atom. The fourth-order valence-corrected chi connectivity index (χ4v) is 3.42. The molecule has 4 aromatic rings. The van der Waals surface area contributed by atoms with Gasteiger partial charge in [-0.05, 0) is 35.9 Å². The minimum atomic E-state index is -0.297. The maximum atomic E-state index is 12.7. The average Bonchev–Trinajstić information content (AvgIpc) is 3.22. The number of anilines is 1. The highest BCUT2D eigenvalue weighted by Gasteiger charge is 2.36. The normalized spacial score (nSPS) is 13.5. The fraction of sp³-hybridized carbons (Fsp3) is 0. The van der Waals surface area contributed by atoms with Crippen LogP contribution in [0, 0.1) is 0 Å². The zero-order valence-electron chi connectivity index (χ0n) is 13.7. The highest BCUT2D eigenvalue weighted by Crippen LogP contribution is 2.35. The van der Waals surface area contributed by atoms with E-state index in [4.69, 9.17) is 4.42 Å². The molecule has 0 spiro atoms. The lowest BCUT2D eigenvalue weighted by Gasteiger charge is -2.14. The molecule has 0 radical (unpaired) electrons. The summed E-state index contributed by atoms with van der Waals surface area (Å²) in [5.41, 5.74) is 4.08. The fourth-order valence-electron chi connectivity index (χ4n) is 3.42. The van der Waals surface area contributed by atoms with Gasteiger partial charge in [-0.15, -0.1) is 0 Å². The molecule has 0 fully saturated rings. The molecule has 1 aliphatic rings. The van der Waals surface area contributed by atoms with Crippen LogP contribution in [0.1, 0.15) is 20.7 Å². The molecule has 5 rings (SSSR count). The lowest BCUT2D eigenvalue weighted by Crippen LogP contribution is -2.29. The van der Waals surface area contributed by atoms with Gasteiger partial charge in [0, 0.05) is 10.9 Å². The van der Waals surface area contributed by atoms with E-state index >= 15 is 0 Å². The summed E-state index contributed by atoms with van der Waals surface area (Å²) in [6.45, 7) is 0. The molecule has 1 aromatic heterocycles. The molecule has 0 saturated heterocycles. The summed E-state index contributed by atoms with van der Waals surface area (Å²) < 4.78 is 5.65. The van der Waals surface area contributed by atoms with Crippen LogP contribution < -0.4 is 4.90 Å². The van der Waals surface area contributed by atoms with E-state index in [-0.39, 0.29) is 11.8 Å². The smallest absolute Gasteiger partial charge is 0.266 e. The predicted octanol–water partition coefficient (Wildman–Crippen LogP) is 4.90. The van der Waals surface area contributed by atoms with Crippen LogP contribution in [0.5, 0.6) is 0 Å². The lowest BCUT2D eigenvalue weighted by atomic mass is 10.0. The molecule has 0 unspecified atom stereocenters. The summed E-state index contributed by atoms with van der Waals surface area (Å²) in [6, 6.07) is 22.1. The Balaban J connectivity index is 1.65. The van der Waals surface area contributed by atoms with E-state index in [0.717, 1.165) is 16.5 Å². The Kier molecular flexibility index (Phi) is 3.06. The number of amides is 2. The second-order valence-corrected chi connectivity index (χ2v) is 6.19. The van der Waals surface area contributed by atoms with Crippen molar-refractivity contribution >= 4 is 28.5 Å². The summed E-state index contributed by atoms with van der Waals surface area (Å²) in [4.78, 5) is 26.7. The van der Waals surface area contributed by atoms with Crippen molar-refractivity contribution in [2.75, 3.05) is 4.90 Å². The summed E-state index contributed by atoms with van der Waals surface area (Å²) in [5, 5.41) is 0.866. The number of nitrogens with zero attached hydrogens (tertiary/aromatic N) is 1. The maximum absolute atomic E-state index is 12.7. The molecular formula is C22H13NO3. The number of carbonyl (C=O) groups is 2. The minimum Gasteiger partial charge on any atom is -0.464 e. The first-order valence-electron chi connectivity index (χ1n) is 8.28. The number of carbonyl (C=O) groups excluding carboxylic acids is 2. The van der Waals surface area contributed by atoms with E-state index in [0.29, 0.717) is 22.4 Å². The highest BCUT2D eigenvalue weighted by atomic mass is 16.3. The zero-order valence-corrected chi connectivity index (χ0v) is 13.7. The van der Waals surface area contributed by atoms with Crippen molar-refractivity contribution in [3.8, 4) is 11.1 Å². The molecule has 26 heavy (non-hydrogen) atoms. The number of hydrogen-bond donors (Lipinski definition) is 0. The van der Waals surface area contributed by atoms with Crippen molar-refractivity contribution in [1.29, 1.82) is 0 Å². The number of imide groups is 1. The van der Waals surface area contributed by atoms with Crippen LogP contribution in [-0.4, -0.2) is 11.8 Å². The molecule has 2 heterocycles. The van der Waals surface area contributed by atoms with Crippen molar-refractivity contribution in [3.63, 3.8) is 0 Å². The summed E-state index contributed by atoms with van der Waals surface area (Å²) >= 11 is 0. The van der Waals surface area contributed by atoms with Crippen molar-refractivity contribution in [2.45, 2.75) is 0 Å². The van der Waals surface area contributed by atoms with Crippen molar-refractivity contribution < 1.29 is 14.0 Å². The third-order valence-electron chi connectivity index (χ3n) is 4.69. The van der Waals surface area contributed by atoms with Crippen LogP contribution >= 0.6 is 0 Å². The molecule has 0 N–H and O–H groups in total. The molecule has 0 bridgehead atoms. The van der Waals surface area contributed by atoms with Gasteiger partial charge in [-0.25, -0.2) is 4.90 Å². The molecule has 0 saturated carbocycles. The Labute approximate surface area is 149 Å². The lowest BCUT2D eigenvalue weighted by molar-refractivity contribution is 0.0926. The quantitative estimate of drug-likeness (QED) is 0.488. The van der Waals surface area contributed by atoms with E-state index in [1.807, 2.05) is 36.4 Å². The van der Waals surface area contributed by atoms with Crippen LogP contribution in [0.2, 0.25) is 0 Å². The van der Waals surface area contributed by atoms with Crippen LogP contribution in [0.25, 0.3) is 22.1 Å². The summed E-state index contributed by atoms with van der Waals surface area (Å²) in [6.07, 6.45) is 1.70. The molecule has 2 amide bonds. The van der Waals surface area contributed by atoms with E-state index < -0.39 is 0 Å². The number of fused-ring (bicyclic) bond motifs is 2. The zero-order chi connectivity index (χ0) is 17.7. The van der Waals surface area contributed by atoms with E-state index in [1.165, 1.54) is 4.90 Å². The summed E-state index contributed by atoms with van der Waals surface area (Å²) in [7, 11) is 0. The van der Waals surface area contributed by atoms with Gasteiger partial charge >= 0.3 is 0 Å². The largest absolute Gasteiger partial charge is 0.464 e. The van der Waals surface area contributed by atoms with Gasteiger partial charge in [-0.2, -0.15) is 0 Å². The number of benzene rings is 3. The monoisotopic (exact) mass is 339 g/mol. The molecule has 1 aliphatic heterocycles. The van der Waals surface area contributed by atoms with Gasteiger partial charge in [0.2, 0.25) is 0 Å². The van der Waals surface area contributed by atoms with Gasteiger partial charge in [-0.1, -0.05) is 42.5 Å². The SMILES string of the molecule is O=C1c2ccccc2C(=O)N1c1ccc2occ(-c3ccccc3)c2c1. The molecule has 4 nitrogen and oxygen atoms in total. The van der Waals surface area contributed by atoms with Gasteiger partial charge in [0.05, 0.1) is 23.1 Å². The Bertz CT molecular complexity index is 1140. The number of hydrogen-bond acceptors (Lipinski definition) is 3. The molecule has 0 aliphatic carbocycles. The third-order valence-corrected chi connectivity index (χ3v) is 4.69. The first-order valence-corrected chi connectivity index (χ1v) is 8.28. The number of furan rings is 1. The first kappa shape index (κ1) is 14.7. The first-order chi connectivity index (χ1) is 12.7. The molecule has 0 atom stereocenters. The number of rotatable bonds is 2. The summed E-state index contributed by atoms with van der Waals surface area (Å²) in [5.74, 6) is -0.593. The van der Waals surface area contributed by atoms with Crippen molar-refractivity contribution in [3.05, 3.63) is 90.2 Å². The van der Waals surface area contributed by atoms with Crippen LogP contribution in [0.4, 0.5) is 5.69 Å². The van der Waals surface area contributed by atoms with E-state index in [9.17, 15) is 9.59 Å². The standard InChI is InChI=1S/C22H13NO3/c24-21-16-8-4-5-9-17(16)22(25)23(21)15-10-11-20-18(12-15)19(13-26-20)14-6-2-1-3-7-14/h1-13H. The van der Waals surface area contributed by atoms with Crippen molar-refractivity contribution in [2.24, 2.45) is 0 Å². The Morgan fingerprint density at radius 2 is 1.35 bits per heavy atom. The highest BCUT2D eigenvalue weighted by molar-refractivity contribution is 6.34.